The van der Waals surface area contributed by atoms with Crippen molar-refractivity contribution in [1.29, 1.82) is 0 Å². The normalized spacial score (nSPS) is 13.9. The molecule has 0 aliphatic carbocycles. The summed E-state index contributed by atoms with van der Waals surface area (Å²) in [6, 6.07) is 0. The van der Waals surface area contributed by atoms with Crippen LogP contribution in [0.15, 0.2) is 85.1 Å². The fraction of sp³-hybridized carbons (Fsp3) is 0.734. The Bertz CT molecular complexity index is 1600. The molecule has 0 aliphatic rings. The zero-order valence-electron chi connectivity index (χ0n) is 48.5. The van der Waals surface area contributed by atoms with Crippen molar-refractivity contribution in [2.75, 3.05) is 26.4 Å². The molecule has 0 aliphatic heterocycles. The summed E-state index contributed by atoms with van der Waals surface area (Å²) in [6.07, 6.45) is 66.7. The predicted octanol–water partition coefficient (Wildman–Crippen LogP) is 18.3. The number of aliphatic hydroxyl groups is 1. The molecular weight excluding hydrogens is 976 g/mol. The average Bonchev–Trinajstić information content (AvgIpc) is 3.41. The summed E-state index contributed by atoms with van der Waals surface area (Å²) < 4.78 is 39.6. The lowest BCUT2D eigenvalue weighted by atomic mass is 10.0. The van der Waals surface area contributed by atoms with Gasteiger partial charge in [-0.3, -0.25) is 23.4 Å². The molecular formula is C64H111O11P. The summed E-state index contributed by atoms with van der Waals surface area (Å²) in [4.78, 5) is 48.6. The molecule has 0 heterocycles. The van der Waals surface area contributed by atoms with Crippen LogP contribution in [-0.4, -0.2) is 66.5 Å². The highest BCUT2D eigenvalue weighted by molar-refractivity contribution is 7.47. The Hall–Kier alpha value is -3.34. The van der Waals surface area contributed by atoms with Crippen LogP contribution in [0.25, 0.3) is 0 Å². The summed E-state index contributed by atoms with van der Waals surface area (Å²) in [7, 11) is -4.76. The van der Waals surface area contributed by atoms with Crippen LogP contribution in [0.2, 0.25) is 0 Å². The maximum atomic E-state index is 12.9. The second-order valence-corrected chi connectivity index (χ2v) is 21.6. The molecule has 0 rings (SSSR count). The Kier molecular flexibility index (Phi) is 55.3. The molecule has 0 aromatic heterocycles. The van der Waals surface area contributed by atoms with E-state index in [1.54, 1.807) is 0 Å². The molecule has 0 aromatic rings. The Balaban J connectivity index is 4.78. The highest BCUT2D eigenvalue weighted by Gasteiger charge is 2.28. The van der Waals surface area contributed by atoms with Crippen molar-refractivity contribution in [2.24, 2.45) is 0 Å². The quantitative estimate of drug-likeness (QED) is 0.0197. The number of aliphatic hydroxyl groups excluding tert-OH is 1. The van der Waals surface area contributed by atoms with E-state index in [2.05, 4.69) is 106 Å². The predicted molar refractivity (Wildman–Crippen MR) is 316 cm³/mol. The molecule has 3 atom stereocenters. The lowest BCUT2D eigenvalue weighted by Gasteiger charge is -2.21. The Morgan fingerprint density at radius 1 is 0.382 bits per heavy atom. The van der Waals surface area contributed by atoms with Gasteiger partial charge in [-0.15, -0.1) is 0 Å². The second kappa shape index (κ2) is 57.8. The minimum absolute atomic E-state index is 0.134. The molecule has 438 valence electrons. The van der Waals surface area contributed by atoms with Crippen LogP contribution in [0, 0.1) is 0 Å². The van der Waals surface area contributed by atoms with Gasteiger partial charge in [0.1, 0.15) is 12.7 Å². The fourth-order valence-corrected chi connectivity index (χ4v) is 8.96. The van der Waals surface area contributed by atoms with E-state index in [0.717, 1.165) is 122 Å². The molecule has 0 fully saturated rings. The van der Waals surface area contributed by atoms with Crippen LogP contribution < -0.4 is 0 Å². The summed E-state index contributed by atoms with van der Waals surface area (Å²) in [5, 5.41) is 9.82. The smallest absolute Gasteiger partial charge is 0.462 e. The number of carbonyl (C=O) groups excluding carboxylic acids is 3. The lowest BCUT2D eigenvalue weighted by molar-refractivity contribution is -0.161. The number of phosphoric ester groups is 1. The van der Waals surface area contributed by atoms with Gasteiger partial charge in [0.05, 0.1) is 19.8 Å². The molecule has 76 heavy (non-hydrogen) atoms. The van der Waals surface area contributed by atoms with Crippen LogP contribution in [-0.2, 0) is 42.2 Å². The van der Waals surface area contributed by atoms with E-state index in [4.69, 9.17) is 23.3 Å². The van der Waals surface area contributed by atoms with E-state index >= 15 is 0 Å². The molecule has 0 spiro atoms. The molecule has 0 bridgehead atoms. The maximum Gasteiger partial charge on any atom is 0.472 e. The summed E-state index contributed by atoms with van der Waals surface area (Å²) in [5.41, 5.74) is 0. The average molecular weight is 1090 g/mol. The van der Waals surface area contributed by atoms with Crippen LogP contribution in [0.1, 0.15) is 265 Å². The maximum absolute atomic E-state index is 12.9. The fourth-order valence-electron chi connectivity index (χ4n) is 8.18. The van der Waals surface area contributed by atoms with Crippen LogP contribution in [0.3, 0.4) is 0 Å². The zero-order valence-corrected chi connectivity index (χ0v) is 49.3. The molecule has 12 heteroatoms. The largest absolute Gasteiger partial charge is 0.472 e. The SMILES string of the molecule is CC/C=C\C/C=C\C/C=C\C/C=C\CCCCCCC(=O)OC(COC(=O)CCCCCCCC/C=C\C/C=C\C/C=C\CCCCC)COP(=O)(O)OCC(CO)OC(=O)CCCCCCCCCCCCCCC. The van der Waals surface area contributed by atoms with E-state index in [0.29, 0.717) is 19.3 Å². The highest BCUT2D eigenvalue weighted by Crippen LogP contribution is 2.43. The van der Waals surface area contributed by atoms with E-state index in [1.165, 1.54) is 83.5 Å². The van der Waals surface area contributed by atoms with Crippen LogP contribution >= 0.6 is 7.82 Å². The van der Waals surface area contributed by atoms with Gasteiger partial charge < -0.3 is 24.2 Å². The Labute approximate surface area is 464 Å². The number of allylic oxidation sites excluding steroid dienone is 14. The molecule has 0 aromatic carbocycles. The molecule has 0 amide bonds. The standard InChI is InChI=1S/C64H111O11P/c1-4-7-10-13-16-19-22-25-27-29-30-32-33-36-38-41-44-47-50-53-62(66)71-57-61(75-64(68)55-52-49-46-43-40-37-34-31-28-26-23-20-17-14-11-8-5-2)59-73-76(69,70)72-58-60(56-65)74-63(67)54-51-48-45-42-39-35-24-21-18-15-12-9-6-3/h8,11,16-17,19-20,25-28,30,32,34,37,60-61,65H,4-7,9-10,12-15,18,21-24,29,31,33,35-36,38-59H2,1-3H3,(H,69,70)/b11-8-,19-16-,20-17-,27-25-,28-26-,32-30-,37-34-. The number of hydrogen-bond acceptors (Lipinski definition) is 10. The molecule has 0 saturated heterocycles. The first-order chi connectivity index (χ1) is 37.2. The molecule has 0 radical (unpaired) electrons. The van der Waals surface area contributed by atoms with Crippen molar-refractivity contribution in [1.82, 2.24) is 0 Å². The Morgan fingerprint density at radius 2 is 0.684 bits per heavy atom. The number of phosphoric acid groups is 1. The van der Waals surface area contributed by atoms with Gasteiger partial charge in [0, 0.05) is 19.3 Å². The minimum atomic E-state index is -4.76. The van der Waals surface area contributed by atoms with Crippen LogP contribution in [0.5, 0.6) is 0 Å². The summed E-state index contributed by atoms with van der Waals surface area (Å²) in [5.74, 6) is -1.50. The van der Waals surface area contributed by atoms with Crippen molar-refractivity contribution in [3.05, 3.63) is 85.1 Å². The van der Waals surface area contributed by atoms with E-state index in [1.807, 2.05) is 0 Å². The first kappa shape index (κ1) is 72.7. The van der Waals surface area contributed by atoms with Crippen molar-refractivity contribution in [3.8, 4) is 0 Å². The number of unbranched alkanes of at least 4 members (excludes halogenated alkanes) is 25. The van der Waals surface area contributed by atoms with Gasteiger partial charge in [-0.25, -0.2) is 4.57 Å². The monoisotopic (exact) mass is 1090 g/mol. The van der Waals surface area contributed by atoms with Crippen LogP contribution in [0.4, 0.5) is 0 Å². The Morgan fingerprint density at radius 3 is 1.08 bits per heavy atom. The van der Waals surface area contributed by atoms with Crippen molar-refractivity contribution >= 4 is 25.7 Å². The van der Waals surface area contributed by atoms with Crippen molar-refractivity contribution in [2.45, 2.75) is 277 Å². The van der Waals surface area contributed by atoms with Gasteiger partial charge in [0.2, 0.25) is 0 Å². The molecule has 11 nitrogen and oxygen atoms in total. The van der Waals surface area contributed by atoms with Gasteiger partial charge in [0.15, 0.2) is 6.10 Å². The highest BCUT2D eigenvalue weighted by atomic mass is 31.2. The third kappa shape index (κ3) is 55.4. The van der Waals surface area contributed by atoms with Gasteiger partial charge in [-0.05, 0) is 96.3 Å². The first-order valence-corrected chi connectivity index (χ1v) is 32.0. The molecule has 0 saturated carbocycles. The summed E-state index contributed by atoms with van der Waals surface area (Å²) >= 11 is 0. The minimum Gasteiger partial charge on any atom is -0.462 e. The van der Waals surface area contributed by atoms with Crippen molar-refractivity contribution < 1.29 is 52.2 Å². The number of esters is 3. The van der Waals surface area contributed by atoms with E-state index in [9.17, 15) is 28.9 Å². The first-order valence-electron chi connectivity index (χ1n) is 30.5. The number of ether oxygens (including phenoxy) is 3. The third-order valence-corrected chi connectivity index (χ3v) is 13.8. The molecule has 3 unspecified atom stereocenters. The summed E-state index contributed by atoms with van der Waals surface area (Å²) in [6.45, 7) is 4.48. The van der Waals surface area contributed by atoms with E-state index in [-0.39, 0.29) is 25.9 Å². The van der Waals surface area contributed by atoms with Crippen molar-refractivity contribution in [3.63, 3.8) is 0 Å². The second-order valence-electron chi connectivity index (χ2n) is 20.1. The lowest BCUT2D eigenvalue weighted by Crippen LogP contribution is -2.30. The van der Waals surface area contributed by atoms with Gasteiger partial charge in [-0.2, -0.15) is 0 Å². The number of rotatable bonds is 56. The molecule has 2 N–H and O–H groups in total. The number of hydrogen-bond donors (Lipinski definition) is 2. The van der Waals surface area contributed by atoms with Gasteiger partial charge >= 0.3 is 25.7 Å². The van der Waals surface area contributed by atoms with E-state index < -0.39 is 57.8 Å². The number of carbonyl (C=O) groups is 3. The van der Waals surface area contributed by atoms with Gasteiger partial charge in [-0.1, -0.05) is 234 Å². The van der Waals surface area contributed by atoms with Gasteiger partial charge in [0.25, 0.3) is 0 Å². The topological polar surface area (TPSA) is 155 Å². The zero-order chi connectivity index (χ0) is 55.5. The third-order valence-electron chi connectivity index (χ3n) is 12.8.